The number of piperidine rings is 1. The molecule has 140 valence electrons. The van der Waals surface area contributed by atoms with Crippen molar-refractivity contribution in [1.29, 1.82) is 0 Å². The number of sulfonamides is 1. The largest absolute Gasteiger partial charge is 0.341 e. The minimum absolute atomic E-state index is 0.0676. The third-order valence-corrected chi connectivity index (χ3v) is 7.19. The van der Waals surface area contributed by atoms with E-state index in [2.05, 4.69) is 14.7 Å². The second-order valence-corrected chi connectivity index (χ2v) is 8.81. The Morgan fingerprint density at radius 1 is 1.15 bits per heavy atom. The highest BCUT2D eigenvalue weighted by Gasteiger charge is 2.29. The highest BCUT2D eigenvalue weighted by Crippen LogP contribution is 2.33. The fraction of sp³-hybridized carbons (Fsp3) is 0.412. The lowest BCUT2D eigenvalue weighted by atomic mass is 10.1. The molecular formula is C17H20Cl2N4O2S. The quantitative estimate of drug-likeness (QED) is 0.829. The van der Waals surface area contributed by atoms with Gasteiger partial charge in [-0.25, -0.2) is 23.1 Å². The van der Waals surface area contributed by atoms with Gasteiger partial charge in [0.2, 0.25) is 16.0 Å². The van der Waals surface area contributed by atoms with Crippen LogP contribution in [0, 0.1) is 13.8 Å². The van der Waals surface area contributed by atoms with E-state index >= 15 is 0 Å². The summed E-state index contributed by atoms with van der Waals surface area (Å²) < 4.78 is 28.6. The first-order valence-corrected chi connectivity index (χ1v) is 10.5. The lowest BCUT2D eigenvalue weighted by Gasteiger charge is -2.32. The van der Waals surface area contributed by atoms with Crippen LogP contribution in [-0.4, -0.2) is 37.5 Å². The molecule has 0 amide bonds. The van der Waals surface area contributed by atoms with Gasteiger partial charge in [-0.2, -0.15) is 0 Å². The second kappa shape index (κ2) is 7.68. The monoisotopic (exact) mass is 414 g/mol. The van der Waals surface area contributed by atoms with Crippen molar-refractivity contribution in [3.8, 4) is 0 Å². The minimum Gasteiger partial charge on any atom is -0.341 e. The van der Waals surface area contributed by atoms with E-state index in [0.29, 0.717) is 48.0 Å². The number of halogens is 2. The zero-order valence-electron chi connectivity index (χ0n) is 14.5. The van der Waals surface area contributed by atoms with Gasteiger partial charge in [0.25, 0.3) is 0 Å². The summed E-state index contributed by atoms with van der Waals surface area (Å²) in [7, 11) is -3.76. The molecule has 2 aromatic rings. The Labute approximate surface area is 163 Å². The average molecular weight is 415 g/mol. The lowest BCUT2D eigenvalue weighted by Crippen LogP contribution is -2.45. The Bertz CT molecular complexity index is 872. The predicted octanol–water partition coefficient (Wildman–Crippen LogP) is 3.35. The normalized spacial score (nSPS) is 16.1. The minimum atomic E-state index is -3.76. The van der Waals surface area contributed by atoms with E-state index in [-0.39, 0.29) is 16.0 Å². The van der Waals surface area contributed by atoms with Crippen molar-refractivity contribution < 1.29 is 8.42 Å². The highest BCUT2D eigenvalue weighted by molar-refractivity contribution is 7.89. The Morgan fingerprint density at radius 2 is 1.77 bits per heavy atom. The van der Waals surface area contributed by atoms with Gasteiger partial charge in [-0.1, -0.05) is 23.2 Å². The van der Waals surface area contributed by atoms with E-state index in [1.807, 2.05) is 4.90 Å². The number of benzene rings is 1. The summed E-state index contributed by atoms with van der Waals surface area (Å²) in [6, 6.07) is 3.27. The van der Waals surface area contributed by atoms with Crippen LogP contribution in [0.25, 0.3) is 0 Å². The number of aryl methyl sites for hydroxylation is 1. The molecule has 0 spiro atoms. The van der Waals surface area contributed by atoms with Crippen LogP contribution < -0.4 is 9.62 Å². The van der Waals surface area contributed by atoms with Crippen LogP contribution in [-0.2, 0) is 10.0 Å². The van der Waals surface area contributed by atoms with Crippen LogP contribution >= 0.6 is 23.2 Å². The van der Waals surface area contributed by atoms with E-state index < -0.39 is 10.0 Å². The molecule has 0 atom stereocenters. The number of anilines is 1. The molecule has 2 heterocycles. The molecule has 26 heavy (non-hydrogen) atoms. The third kappa shape index (κ3) is 3.96. The molecular weight excluding hydrogens is 395 g/mol. The van der Waals surface area contributed by atoms with Crippen LogP contribution in [0.15, 0.2) is 29.4 Å². The smallest absolute Gasteiger partial charge is 0.242 e. The molecule has 9 heteroatoms. The maximum Gasteiger partial charge on any atom is 0.242 e. The zero-order valence-corrected chi connectivity index (χ0v) is 16.9. The summed E-state index contributed by atoms with van der Waals surface area (Å²) >= 11 is 12.4. The fourth-order valence-corrected chi connectivity index (χ4v) is 5.58. The van der Waals surface area contributed by atoms with E-state index in [9.17, 15) is 8.42 Å². The van der Waals surface area contributed by atoms with Crippen molar-refractivity contribution in [3.63, 3.8) is 0 Å². The molecule has 1 aromatic carbocycles. The maximum absolute atomic E-state index is 12.9. The molecule has 0 unspecified atom stereocenters. The number of hydrogen-bond acceptors (Lipinski definition) is 5. The molecule has 0 bridgehead atoms. The van der Waals surface area contributed by atoms with Crippen LogP contribution in [0.4, 0.5) is 5.95 Å². The molecule has 1 aliphatic heterocycles. The Balaban J connectivity index is 1.74. The van der Waals surface area contributed by atoms with Gasteiger partial charge in [0, 0.05) is 36.5 Å². The standard InChI is InChI=1S/C17H20Cl2N4O2S/c1-11-10-14(18)12(2)16(15(11)19)26(24,25)22-13-4-8-23(9-5-13)17-20-6-3-7-21-17/h3,6-7,10,13,22H,4-5,8-9H2,1-2H3. The van der Waals surface area contributed by atoms with Gasteiger partial charge in [0.1, 0.15) is 4.90 Å². The van der Waals surface area contributed by atoms with Gasteiger partial charge in [-0.3, -0.25) is 0 Å². The van der Waals surface area contributed by atoms with Crippen molar-refractivity contribution in [2.24, 2.45) is 0 Å². The number of rotatable bonds is 4. The summed E-state index contributed by atoms with van der Waals surface area (Å²) in [5.74, 6) is 0.665. The highest BCUT2D eigenvalue weighted by atomic mass is 35.5. The summed E-state index contributed by atoms with van der Waals surface area (Å²) in [5, 5.41) is 0.609. The predicted molar refractivity (Wildman–Crippen MR) is 104 cm³/mol. The first-order chi connectivity index (χ1) is 12.3. The number of nitrogens with zero attached hydrogens (tertiary/aromatic N) is 3. The van der Waals surface area contributed by atoms with Gasteiger partial charge in [0.05, 0.1) is 5.02 Å². The van der Waals surface area contributed by atoms with Gasteiger partial charge in [-0.15, -0.1) is 0 Å². The lowest BCUT2D eigenvalue weighted by molar-refractivity contribution is 0.456. The van der Waals surface area contributed by atoms with Crippen molar-refractivity contribution in [3.05, 3.63) is 45.7 Å². The van der Waals surface area contributed by atoms with Crippen molar-refractivity contribution >= 4 is 39.2 Å². The van der Waals surface area contributed by atoms with Crippen molar-refractivity contribution in [2.45, 2.75) is 37.6 Å². The molecule has 0 aliphatic carbocycles. The maximum atomic E-state index is 12.9. The summed E-state index contributed by atoms with van der Waals surface area (Å²) in [4.78, 5) is 10.6. The molecule has 3 rings (SSSR count). The third-order valence-electron chi connectivity index (χ3n) is 4.51. The average Bonchev–Trinajstić information content (AvgIpc) is 2.61. The topological polar surface area (TPSA) is 75.2 Å². The van der Waals surface area contributed by atoms with Crippen molar-refractivity contribution in [2.75, 3.05) is 18.0 Å². The zero-order chi connectivity index (χ0) is 18.9. The summed E-state index contributed by atoms with van der Waals surface area (Å²) in [6.07, 6.45) is 4.72. The first-order valence-electron chi connectivity index (χ1n) is 8.29. The number of aromatic nitrogens is 2. The SMILES string of the molecule is Cc1cc(Cl)c(C)c(S(=O)(=O)NC2CCN(c3ncccn3)CC2)c1Cl. The summed E-state index contributed by atoms with van der Waals surface area (Å²) in [5.41, 5.74) is 1.10. The van der Waals surface area contributed by atoms with Crippen LogP contribution in [0.2, 0.25) is 10.0 Å². The van der Waals surface area contributed by atoms with E-state index in [1.54, 1.807) is 38.4 Å². The number of nitrogens with one attached hydrogen (secondary N) is 1. The molecule has 1 aliphatic rings. The van der Waals surface area contributed by atoms with Gasteiger partial charge >= 0.3 is 0 Å². The molecule has 1 aromatic heterocycles. The van der Waals surface area contributed by atoms with Gasteiger partial charge < -0.3 is 4.90 Å². The Kier molecular flexibility index (Phi) is 5.72. The Morgan fingerprint density at radius 3 is 2.38 bits per heavy atom. The fourth-order valence-electron chi connectivity index (χ4n) is 3.06. The van der Waals surface area contributed by atoms with Crippen LogP contribution in [0.1, 0.15) is 24.0 Å². The van der Waals surface area contributed by atoms with Crippen molar-refractivity contribution in [1.82, 2.24) is 14.7 Å². The molecule has 1 N–H and O–H groups in total. The van der Waals surface area contributed by atoms with E-state index in [4.69, 9.17) is 23.2 Å². The second-order valence-electron chi connectivity index (χ2n) is 6.37. The van der Waals surface area contributed by atoms with Gasteiger partial charge in [0.15, 0.2) is 0 Å². The molecule has 1 fully saturated rings. The molecule has 6 nitrogen and oxygen atoms in total. The summed E-state index contributed by atoms with van der Waals surface area (Å²) in [6.45, 7) is 4.76. The molecule has 0 radical (unpaired) electrons. The molecule has 1 saturated heterocycles. The Hall–Kier alpha value is -1.41. The molecule has 0 saturated carbocycles. The van der Waals surface area contributed by atoms with E-state index in [1.165, 1.54) is 0 Å². The van der Waals surface area contributed by atoms with Gasteiger partial charge in [-0.05, 0) is 49.9 Å². The van der Waals surface area contributed by atoms with Crippen LogP contribution in [0.3, 0.4) is 0 Å². The number of hydrogen-bond donors (Lipinski definition) is 1. The first kappa shape index (κ1) is 19.4. The van der Waals surface area contributed by atoms with E-state index in [0.717, 1.165) is 0 Å². The van der Waals surface area contributed by atoms with Crippen LogP contribution in [0.5, 0.6) is 0 Å².